The molecule has 0 saturated carbocycles. The average Bonchev–Trinajstić information content (AvgIpc) is 2.09. The van der Waals surface area contributed by atoms with Crippen LogP contribution in [0.5, 0.6) is 0 Å². The van der Waals surface area contributed by atoms with Crippen LogP contribution in [0.1, 0.15) is 27.7 Å². The van der Waals surface area contributed by atoms with Crippen molar-refractivity contribution in [1.29, 1.82) is 0 Å². The highest BCUT2D eigenvalue weighted by molar-refractivity contribution is 5.87. The van der Waals surface area contributed by atoms with Gasteiger partial charge in [0.2, 0.25) is 5.91 Å². The number of amides is 1. The molecular weight excluding hydrogens is 212 g/mol. The summed E-state index contributed by atoms with van der Waals surface area (Å²) in [7, 11) is 0. The Morgan fingerprint density at radius 2 is 1.75 bits per heavy atom. The van der Waals surface area contributed by atoms with Crippen LogP contribution in [0.3, 0.4) is 0 Å². The predicted octanol–water partition coefficient (Wildman–Crippen LogP) is -0.690. The highest BCUT2D eigenvalue weighted by atomic mass is 16.4. The lowest BCUT2D eigenvalue weighted by Crippen LogP contribution is -2.55. The standard InChI is InChI=1S/C10H20N2O4/c1-5(13)6(9(15)16)12-8(14)7(11)10(2,3)4/h5-7,13H,11H2,1-4H3,(H,12,14)(H,15,16)/t5?,6?,7-/m0/s1. The lowest BCUT2D eigenvalue weighted by molar-refractivity contribution is -0.145. The fraction of sp³-hybridized carbons (Fsp3) is 0.800. The monoisotopic (exact) mass is 232 g/mol. The Kier molecular flexibility index (Phi) is 4.89. The van der Waals surface area contributed by atoms with Crippen molar-refractivity contribution in [1.82, 2.24) is 5.32 Å². The van der Waals surface area contributed by atoms with Crippen LogP contribution < -0.4 is 11.1 Å². The van der Waals surface area contributed by atoms with Gasteiger partial charge >= 0.3 is 5.97 Å². The van der Waals surface area contributed by atoms with Crippen LogP contribution in [-0.2, 0) is 9.59 Å². The number of aliphatic carboxylic acids is 1. The number of carboxylic acids is 1. The Morgan fingerprint density at radius 3 is 2.00 bits per heavy atom. The second-order valence-corrected chi connectivity index (χ2v) is 4.91. The van der Waals surface area contributed by atoms with Gasteiger partial charge in [-0.25, -0.2) is 4.79 Å². The van der Waals surface area contributed by atoms with Gasteiger partial charge in [0, 0.05) is 0 Å². The zero-order valence-corrected chi connectivity index (χ0v) is 10.0. The largest absolute Gasteiger partial charge is 0.480 e. The minimum atomic E-state index is -1.33. The molecule has 0 bridgehead atoms. The van der Waals surface area contributed by atoms with Gasteiger partial charge in [-0.2, -0.15) is 0 Å². The molecular formula is C10H20N2O4. The molecule has 1 amide bonds. The summed E-state index contributed by atoms with van der Waals surface area (Å²) in [5.41, 5.74) is 5.19. The lowest BCUT2D eigenvalue weighted by atomic mass is 9.86. The third-order valence-corrected chi connectivity index (χ3v) is 2.26. The van der Waals surface area contributed by atoms with Gasteiger partial charge in [0.1, 0.15) is 0 Å². The van der Waals surface area contributed by atoms with Crippen LogP contribution in [0.15, 0.2) is 0 Å². The maximum atomic E-state index is 11.6. The van der Waals surface area contributed by atoms with E-state index < -0.39 is 35.5 Å². The van der Waals surface area contributed by atoms with Crippen molar-refractivity contribution in [3.8, 4) is 0 Å². The van der Waals surface area contributed by atoms with Crippen LogP contribution in [0, 0.1) is 5.41 Å². The Labute approximate surface area is 94.8 Å². The molecule has 0 aromatic carbocycles. The van der Waals surface area contributed by atoms with Gasteiger partial charge in [-0.1, -0.05) is 20.8 Å². The molecule has 6 heteroatoms. The first-order valence-electron chi connectivity index (χ1n) is 5.04. The molecule has 0 radical (unpaired) electrons. The molecule has 0 heterocycles. The normalized spacial score (nSPS) is 17.4. The maximum Gasteiger partial charge on any atom is 0.328 e. The Bertz CT molecular complexity index is 270. The number of aliphatic hydroxyl groups is 1. The number of hydrogen-bond acceptors (Lipinski definition) is 4. The third-order valence-electron chi connectivity index (χ3n) is 2.26. The van der Waals surface area contributed by atoms with Crippen LogP contribution in [-0.4, -0.2) is 40.3 Å². The van der Waals surface area contributed by atoms with Crippen molar-refractivity contribution in [2.45, 2.75) is 45.9 Å². The Hall–Kier alpha value is -1.14. The summed E-state index contributed by atoms with van der Waals surface area (Å²) >= 11 is 0. The van der Waals surface area contributed by atoms with E-state index >= 15 is 0 Å². The molecule has 94 valence electrons. The van der Waals surface area contributed by atoms with Crippen molar-refractivity contribution in [3.63, 3.8) is 0 Å². The topological polar surface area (TPSA) is 113 Å². The van der Waals surface area contributed by atoms with Crippen molar-refractivity contribution < 1.29 is 19.8 Å². The van der Waals surface area contributed by atoms with E-state index in [2.05, 4.69) is 5.32 Å². The summed E-state index contributed by atoms with van der Waals surface area (Å²) in [6, 6.07) is -2.16. The van der Waals surface area contributed by atoms with Gasteiger partial charge in [-0.05, 0) is 12.3 Å². The van der Waals surface area contributed by atoms with Crippen molar-refractivity contribution >= 4 is 11.9 Å². The molecule has 3 atom stereocenters. The van der Waals surface area contributed by atoms with E-state index in [1.165, 1.54) is 6.92 Å². The summed E-state index contributed by atoms with van der Waals surface area (Å²) in [6.07, 6.45) is -1.17. The van der Waals surface area contributed by atoms with Crippen LogP contribution in [0.25, 0.3) is 0 Å². The third kappa shape index (κ3) is 4.16. The zero-order chi connectivity index (χ0) is 13.1. The number of carbonyl (C=O) groups is 2. The number of carboxylic acid groups (broad SMARTS) is 1. The van der Waals surface area contributed by atoms with Crippen LogP contribution in [0.4, 0.5) is 0 Å². The first-order chi connectivity index (χ1) is 7.07. The zero-order valence-electron chi connectivity index (χ0n) is 10.0. The number of aliphatic hydroxyl groups excluding tert-OH is 1. The van der Waals surface area contributed by atoms with Crippen molar-refractivity contribution in [3.05, 3.63) is 0 Å². The predicted molar refractivity (Wildman–Crippen MR) is 58.7 cm³/mol. The van der Waals surface area contributed by atoms with E-state index in [0.29, 0.717) is 0 Å². The minimum Gasteiger partial charge on any atom is -0.480 e. The number of carbonyl (C=O) groups excluding carboxylic acids is 1. The molecule has 0 aromatic rings. The molecule has 2 unspecified atom stereocenters. The van der Waals surface area contributed by atoms with Gasteiger partial charge in [0.05, 0.1) is 12.1 Å². The summed E-state index contributed by atoms with van der Waals surface area (Å²) in [6.45, 7) is 6.61. The molecule has 0 saturated heterocycles. The summed E-state index contributed by atoms with van der Waals surface area (Å²) < 4.78 is 0. The van der Waals surface area contributed by atoms with E-state index in [1.54, 1.807) is 20.8 Å². The second-order valence-electron chi connectivity index (χ2n) is 4.91. The minimum absolute atomic E-state index is 0.466. The van der Waals surface area contributed by atoms with E-state index in [1.807, 2.05) is 0 Å². The van der Waals surface area contributed by atoms with Crippen molar-refractivity contribution in [2.24, 2.45) is 11.1 Å². The van der Waals surface area contributed by atoms with Crippen LogP contribution >= 0.6 is 0 Å². The van der Waals surface area contributed by atoms with Gasteiger partial charge in [0.25, 0.3) is 0 Å². The van der Waals surface area contributed by atoms with Crippen molar-refractivity contribution in [2.75, 3.05) is 0 Å². The molecule has 0 aliphatic carbocycles. The maximum absolute atomic E-state index is 11.6. The van der Waals surface area contributed by atoms with Gasteiger partial charge < -0.3 is 21.3 Å². The van der Waals surface area contributed by atoms with E-state index in [9.17, 15) is 14.7 Å². The molecule has 16 heavy (non-hydrogen) atoms. The molecule has 0 fully saturated rings. The number of nitrogens with one attached hydrogen (secondary N) is 1. The molecule has 0 aliphatic heterocycles. The van der Waals surface area contributed by atoms with Gasteiger partial charge in [-0.3, -0.25) is 4.79 Å². The molecule has 0 spiro atoms. The molecule has 0 aliphatic rings. The number of rotatable bonds is 4. The molecule has 5 N–H and O–H groups in total. The molecule has 0 rings (SSSR count). The smallest absolute Gasteiger partial charge is 0.328 e. The number of nitrogens with two attached hydrogens (primary N) is 1. The summed E-state index contributed by atoms with van der Waals surface area (Å²) in [4.78, 5) is 22.3. The van der Waals surface area contributed by atoms with E-state index in [-0.39, 0.29) is 0 Å². The Morgan fingerprint density at radius 1 is 1.31 bits per heavy atom. The quantitative estimate of drug-likeness (QED) is 0.512. The fourth-order valence-corrected chi connectivity index (χ4v) is 1.03. The lowest BCUT2D eigenvalue weighted by Gasteiger charge is -2.27. The highest BCUT2D eigenvalue weighted by Crippen LogP contribution is 2.17. The average molecular weight is 232 g/mol. The Balaban J connectivity index is 4.60. The molecule has 6 nitrogen and oxygen atoms in total. The van der Waals surface area contributed by atoms with E-state index in [0.717, 1.165) is 0 Å². The highest BCUT2D eigenvalue weighted by Gasteiger charge is 2.32. The van der Waals surface area contributed by atoms with E-state index in [4.69, 9.17) is 10.8 Å². The first kappa shape index (κ1) is 14.9. The summed E-state index contributed by atoms with van der Waals surface area (Å²) in [5, 5.41) is 20.1. The summed E-state index contributed by atoms with van der Waals surface area (Å²) in [5.74, 6) is -1.87. The fourth-order valence-electron chi connectivity index (χ4n) is 1.03. The van der Waals surface area contributed by atoms with Crippen LogP contribution in [0.2, 0.25) is 0 Å². The second kappa shape index (κ2) is 5.27. The van der Waals surface area contributed by atoms with Gasteiger partial charge in [0.15, 0.2) is 6.04 Å². The van der Waals surface area contributed by atoms with Gasteiger partial charge in [-0.15, -0.1) is 0 Å². The first-order valence-corrected chi connectivity index (χ1v) is 5.04. The number of hydrogen-bond donors (Lipinski definition) is 4. The SMILES string of the molecule is CC(O)C(NC(=O)[C@H](N)C(C)(C)C)C(=O)O. The molecule has 0 aromatic heterocycles.